The molecule has 0 unspecified atom stereocenters. The summed E-state index contributed by atoms with van der Waals surface area (Å²) in [4.78, 5) is 26.9. The van der Waals surface area contributed by atoms with Crippen LogP contribution in [-0.4, -0.2) is 27.6 Å². The fourth-order valence-electron chi connectivity index (χ4n) is 2.65. The van der Waals surface area contributed by atoms with Crippen molar-refractivity contribution in [2.24, 2.45) is 0 Å². The summed E-state index contributed by atoms with van der Waals surface area (Å²) in [6.45, 7) is 0.326. The summed E-state index contributed by atoms with van der Waals surface area (Å²) in [6, 6.07) is 10.2. The number of thiocarbonyl (C=S) groups is 1. The van der Waals surface area contributed by atoms with Gasteiger partial charge < -0.3 is 5.32 Å². The van der Waals surface area contributed by atoms with Crippen LogP contribution in [0.5, 0.6) is 0 Å². The second-order valence-electron chi connectivity index (χ2n) is 6.25. The van der Waals surface area contributed by atoms with Crippen LogP contribution in [0.1, 0.15) is 18.4 Å². The molecule has 1 fully saturated rings. The Kier molecular flexibility index (Phi) is 8.07. The maximum absolute atomic E-state index is 12.7. The van der Waals surface area contributed by atoms with Crippen LogP contribution in [0.25, 0.3) is 6.08 Å². The molecule has 0 aromatic heterocycles. The van der Waals surface area contributed by atoms with Crippen molar-refractivity contribution in [3.8, 4) is 0 Å². The van der Waals surface area contributed by atoms with Gasteiger partial charge in [0.1, 0.15) is 4.32 Å². The first-order valence-electron chi connectivity index (χ1n) is 8.70. The van der Waals surface area contributed by atoms with E-state index in [1.54, 1.807) is 12.1 Å². The molecule has 0 bridgehead atoms. The number of carbonyl (C=O) groups excluding carboxylic acids is 2. The lowest BCUT2D eigenvalue weighted by Crippen LogP contribution is -2.29. The molecule has 2 aromatic rings. The van der Waals surface area contributed by atoms with Gasteiger partial charge in [-0.2, -0.15) is 0 Å². The molecule has 1 N–H and O–H groups in total. The summed E-state index contributed by atoms with van der Waals surface area (Å²) in [5.41, 5.74) is 1.13. The Hall–Kier alpha value is -1.28. The fraction of sp³-hybridized carbons (Fsp3) is 0.150. The van der Waals surface area contributed by atoms with Crippen molar-refractivity contribution in [3.05, 3.63) is 67.0 Å². The van der Waals surface area contributed by atoms with Crippen molar-refractivity contribution < 1.29 is 9.59 Å². The molecular formula is C20H14Cl4N2O2S2. The van der Waals surface area contributed by atoms with Crippen molar-refractivity contribution >= 4 is 98.3 Å². The zero-order valence-electron chi connectivity index (χ0n) is 15.3. The van der Waals surface area contributed by atoms with Crippen LogP contribution in [-0.2, 0) is 9.59 Å². The van der Waals surface area contributed by atoms with Gasteiger partial charge in [-0.1, -0.05) is 88.6 Å². The standard InChI is InChI=1S/C20H14Cl4N2O2S2/c21-12-5-2-1-4-11(12)8-17-19(28)26(20(29)30-17)7-3-6-18(27)25-16-10-14(23)13(22)9-15(16)24/h1-2,4-5,8-10H,3,6-7H2,(H,25,27). The molecule has 0 aliphatic carbocycles. The van der Waals surface area contributed by atoms with Crippen molar-refractivity contribution in [3.63, 3.8) is 0 Å². The quantitative estimate of drug-likeness (QED) is 0.255. The number of rotatable bonds is 6. The molecule has 1 aliphatic heterocycles. The number of thioether (sulfide) groups is 1. The Labute approximate surface area is 203 Å². The van der Waals surface area contributed by atoms with Crippen molar-refractivity contribution in [1.29, 1.82) is 0 Å². The topological polar surface area (TPSA) is 49.4 Å². The third-order valence-electron chi connectivity index (χ3n) is 4.14. The Morgan fingerprint density at radius 1 is 1.07 bits per heavy atom. The second-order valence-corrected chi connectivity index (χ2v) is 9.56. The summed E-state index contributed by atoms with van der Waals surface area (Å²) in [5, 5.41) is 4.13. The minimum Gasteiger partial charge on any atom is -0.325 e. The van der Waals surface area contributed by atoms with E-state index in [4.69, 9.17) is 58.6 Å². The van der Waals surface area contributed by atoms with Gasteiger partial charge in [0, 0.05) is 18.0 Å². The lowest BCUT2D eigenvalue weighted by atomic mass is 10.2. The largest absolute Gasteiger partial charge is 0.325 e. The molecule has 30 heavy (non-hydrogen) atoms. The summed E-state index contributed by atoms with van der Waals surface area (Å²) in [5.74, 6) is -0.454. The molecule has 1 heterocycles. The number of nitrogens with one attached hydrogen (secondary N) is 1. The zero-order valence-corrected chi connectivity index (χ0v) is 19.9. The van der Waals surface area contributed by atoms with Crippen molar-refractivity contribution in [2.45, 2.75) is 12.8 Å². The number of carbonyl (C=O) groups is 2. The molecule has 1 saturated heterocycles. The molecule has 0 saturated carbocycles. The number of amides is 2. The number of halogens is 4. The lowest BCUT2D eigenvalue weighted by molar-refractivity contribution is -0.122. The van der Waals surface area contributed by atoms with E-state index in [9.17, 15) is 9.59 Å². The van der Waals surface area contributed by atoms with Crippen molar-refractivity contribution in [1.82, 2.24) is 4.90 Å². The third kappa shape index (κ3) is 5.69. The summed E-state index contributed by atoms with van der Waals surface area (Å²) >= 11 is 30.6. The molecule has 2 amide bonds. The smallest absolute Gasteiger partial charge is 0.266 e. The summed E-state index contributed by atoms with van der Waals surface area (Å²) in [7, 11) is 0. The highest BCUT2D eigenvalue weighted by Gasteiger charge is 2.31. The van der Waals surface area contributed by atoms with E-state index in [2.05, 4.69) is 5.32 Å². The van der Waals surface area contributed by atoms with Gasteiger partial charge in [0.05, 0.1) is 25.7 Å². The highest BCUT2D eigenvalue weighted by atomic mass is 35.5. The first kappa shape index (κ1) is 23.4. The molecule has 10 heteroatoms. The normalized spacial score (nSPS) is 15.2. The Balaban J connectivity index is 1.56. The number of hydrogen-bond acceptors (Lipinski definition) is 4. The first-order chi connectivity index (χ1) is 14.3. The first-order valence-corrected chi connectivity index (χ1v) is 11.4. The van der Waals surface area contributed by atoms with E-state index in [0.29, 0.717) is 48.0 Å². The van der Waals surface area contributed by atoms with Crippen LogP contribution in [0.4, 0.5) is 5.69 Å². The summed E-state index contributed by atoms with van der Waals surface area (Å²) < 4.78 is 0.450. The molecule has 0 spiro atoms. The monoisotopic (exact) mass is 518 g/mol. The minimum atomic E-state index is -0.257. The van der Waals surface area contributed by atoms with Gasteiger partial charge in [0.2, 0.25) is 5.91 Å². The molecule has 3 rings (SSSR count). The number of benzene rings is 2. The van der Waals surface area contributed by atoms with Gasteiger partial charge in [-0.15, -0.1) is 0 Å². The Morgan fingerprint density at radius 2 is 1.77 bits per heavy atom. The predicted molar refractivity (Wildman–Crippen MR) is 131 cm³/mol. The van der Waals surface area contributed by atoms with Gasteiger partial charge in [-0.3, -0.25) is 14.5 Å². The number of anilines is 1. The van der Waals surface area contributed by atoms with Crippen LogP contribution in [0.3, 0.4) is 0 Å². The average Bonchev–Trinajstić information content (AvgIpc) is 2.95. The average molecular weight is 520 g/mol. The third-order valence-corrected chi connectivity index (χ3v) is 6.89. The van der Waals surface area contributed by atoms with Gasteiger partial charge in [-0.05, 0) is 36.3 Å². The molecular weight excluding hydrogens is 506 g/mol. The van der Waals surface area contributed by atoms with E-state index in [-0.39, 0.29) is 18.2 Å². The highest BCUT2D eigenvalue weighted by Crippen LogP contribution is 2.34. The van der Waals surface area contributed by atoms with Crippen LogP contribution in [0.2, 0.25) is 20.1 Å². The van der Waals surface area contributed by atoms with Crippen LogP contribution >= 0.6 is 70.4 Å². The summed E-state index contributed by atoms with van der Waals surface area (Å²) in [6.07, 6.45) is 2.33. The minimum absolute atomic E-state index is 0.178. The van der Waals surface area contributed by atoms with E-state index < -0.39 is 0 Å². The number of nitrogens with zero attached hydrogens (tertiary/aromatic N) is 1. The Bertz CT molecular complexity index is 1060. The van der Waals surface area contributed by atoms with Gasteiger partial charge in [-0.25, -0.2) is 0 Å². The second kappa shape index (κ2) is 10.4. The van der Waals surface area contributed by atoms with Crippen LogP contribution < -0.4 is 5.32 Å². The highest BCUT2D eigenvalue weighted by molar-refractivity contribution is 8.26. The van der Waals surface area contributed by atoms with Gasteiger partial charge in [0.25, 0.3) is 5.91 Å². The Morgan fingerprint density at radius 3 is 2.50 bits per heavy atom. The van der Waals surface area contributed by atoms with E-state index in [1.807, 2.05) is 18.2 Å². The fourth-order valence-corrected chi connectivity index (χ4v) is 4.74. The predicted octanol–water partition coefficient (Wildman–Crippen LogP) is 6.92. The van der Waals surface area contributed by atoms with E-state index >= 15 is 0 Å². The number of hydrogen-bond donors (Lipinski definition) is 1. The molecule has 1 aliphatic rings. The maximum atomic E-state index is 12.7. The van der Waals surface area contributed by atoms with Crippen LogP contribution in [0.15, 0.2) is 41.3 Å². The van der Waals surface area contributed by atoms with Gasteiger partial charge >= 0.3 is 0 Å². The SMILES string of the molecule is O=C(CCCN1C(=O)C(=Cc2ccccc2Cl)SC1=S)Nc1cc(Cl)c(Cl)cc1Cl. The molecule has 4 nitrogen and oxygen atoms in total. The molecule has 156 valence electrons. The lowest BCUT2D eigenvalue weighted by Gasteiger charge is -2.14. The molecule has 2 aromatic carbocycles. The van der Waals surface area contributed by atoms with Gasteiger partial charge in [0.15, 0.2) is 0 Å². The molecule has 0 atom stereocenters. The van der Waals surface area contributed by atoms with E-state index in [0.717, 1.165) is 5.56 Å². The van der Waals surface area contributed by atoms with E-state index in [1.165, 1.54) is 28.8 Å². The van der Waals surface area contributed by atoms with Crippen molar-refractivity contribution in [2.75, 3.05) is 11.9 Å². The maximum Gasteiger partial charge on any atom is 0.266 e. The molecule has 0 radical (unpaired) electrons. The van der Waals surface area contributed by atoms with Crippen LogP contribution in [0, 0.1) is 0 Å². The zero-order chi connectivity index (χ0) is 21.8.